The van der Waals surface area contributed by atoms with Gasteiger partial charge in [0.1, 0.15) is 0 Å². The highest BCUT2D eigenvalue weighted by atomic mass is 35.5. The SMILES string of the molecule is CCCCN1C(C)=C(C)S/C1=C\C(=O)c1cc(Cl)ccc1C(=O)OC. The minimum atomic E-state index is -0.550. The molecule has 0 aromatic heterocycles. The molecule has 0 unspecified atom stereocenters. The van der Waals surface area contributed by atoms with Crippen LogP contribution in [0.15, 0.2) is 39.9 Å². The number of esters is 1. The second kappa shape index (κ2) is 8.59. The zero-order valence-electron chi connectivity index (χ0n) is 14.9. The predicted octanol–water partition coefficient (Wildman–Crippen LogP) is 5.25. The maximum Gasteiger partial charge on any atom is 0.338 e. The average Bonchev–Trinajstić information content (AvgIpc) is 2.85. The van der Waals surface area contributed by atoms with E-state index >= 15 is 0 Å². The second-order valence-corrected chi connectivity index (χ2v) is 7.45. The Labute approximate surface area is 157 Å². The van der Waals surface area contributed by atoms with Crippen molar-refractivity contribution in [3.05, 3.63) is 56.1 Å². The second-order valence-electron chi connectivity index (χ2n) is 5.78. The molecule has 1 aliphatic heterocycles. The van der Waals surface area contributed by atoms with Gasteiger partial charge in [0.05, 0.1) is 17.7 Å². The molecule has 0 atom stereocenters. The van der Waals surface area contributed by atoms with Crippen LogP contribution in [-0.4, -0.2) is 30.3 Å². The number of thioether (sulfide) groups is 1. The van der Waals surface area contributed by atoms with Crippen molar-refractivity contribution in [3.8, 4) is 0 Å². The Morgan fingerprint density at radius 3 is 2.64 bits per heavy atom. The summed E-state index contributed by atoms with van der Waals surface area (Å²) in [6, 6.07) is 4.60. The first-order chi connectivity index (χ1) is 11.9. The zero-order chi connectivity index (χ0) is 18.6. The number of benzene rings is 1. The number of carbonyl (C=O) groups excluding carboxylic acids is 2. The van der Waals surface area contributed by atoms with Crippen LogP contribution >= 0.6 is 23.4 Å². The molecule has 1 aliphatic rings. The van der Waals surface area contributed by atoms with Crippen molar-refractivity contribution in [1.82, 2.24) is 4.90 Å². The molecule has 6 heteroatoms. The fourth-order valence-electron chi connectivity index (χ4n) is 2.54. The molecule has 134 valence electrons. The summed E-state index contributed by atoms with van der Waals surface area (Å²) in [7, 11) is 1.29. The highest BCUT2D eigenvalue weighted by Crippen LogP contribution is 2.40. The molecule has 1 heterocycles. The third-order valence-corrected chi connectivity index (χ3v) is 5.46. The molecule has 0 saturated carbocycles. The number of unbranched alkanes of at least 4 members (excludes halogenated alkanes) is 1. The Bertz CT molecular complexity index is 755. The highest BCUT2D eigenvalue weighted by Gasteiger charge is 2.24. The Morgan fingerprint density at radius 2 is 2.00 bits per heavy atom. The number of rotatable bonds is 6. The van der Waals surface area contributed by atoms with Gasteiger partial charge in [0.2, 0.25) is 0 Å². The lowest BCUT2D eigenvalue weighted by Crippen LogP contribution is -2.19. The van der Waals surface area contributed by atoms with Gasteiger partial charge >= 0.3 is 5.97 Å². The van der Waals surface area contributed by atoms with Crippen molar-refractivity contribution in [1.29, 1.82) is 0 Å². The van der Waals surface area contributed by atoms with Crippen LogP contribution in [0.1, 0.15) is 54.3 Å². The van der Waals surface area contributed by atoms with E-state index in [1.807, 2.05) is 6.92 Å². The van der Waals surface area contributed by atoms with Gasteiger partial charge in [-0.3, -0.25) is 4.79 Å². The van der Waals surface area contributed by atoms with Gasteiger partial charge in [0.25, 0.3) is 0 Å². The van der Waals surface area contributed by atoms with Crippen LogP contribution in [0.4, 0.5) is 0 Å². The minimum absolute atomic E-state index is 0.221. The average molecular weight is 380 g/mol. The summed E-state index contributed by atoms with van der Waals surface area (Å²) in [5, 5.41) is 1.28. The van der Waals surface area contributed by atoms with Crippen LogP contribution in [0.5, 0.6) is 0 Å². The van der Waals surface area contributed by atoms with Crippen LogP contribution in [-0.2, 0) is 4.74 Å². The lowest BCUT2D eigenvalue weighted by Gasteiger charge is -2.21. The van der Waals surface area contributed by atoms with Crippen LogP contribution in [0.25, 0.3) is 0 Å². The molecule has 0 N–H and O–H groups in total. The van der Waals surface area contributed by atoms with Crippen LogP contribution in [0.2, 0.25) is 5.02 Å². The van der Waals surface area contributed by atoms with E-state index in [1.54, 1.807) is 23.9 Å². The summed E-state index contributed by atoms with van der Waals surface area (Å²) in [4.78, 5) is 28.1. The van der Waals surface area contributed by atoms with E-state index in [-0.39, 0.29) is 16.9 Å². The van der Waals surface area contributed by atoms with E-state index in [0.29, 0.717) is 5.02 Å². The summed E-state index contributed by atoms with van der Waals surface area (Å²) >= 11 is 7.60. The quantitative estimate of drug-likeness (QED) is 0.383. The van der Waals surface area contributed by atoms with Gasteiger partial charge in [0, 0.05) is 33.8 Å². The molecule has 0 aliphatic carbocycles. The Balaban J connectivity index is 2.36. The van der Waals surface area contributed by atoms with Gasteiger partial charge in [-0.1, -0.05) is 36.7 Å². The standard InChI is InChI=1S/C19H22ClNO3S/c1-5-6-9-21-12(2)13(3)25-18(21)11-17(22)16-10-14(20)7-8-15(16)19(23)24-4/h7-8,10-11H,5-6,9H2,1-4H3/b18-11-. The van der Waals surface area contributed by atoms with Gasteiger partial charge in [-0.2, -0.15) is 0 Å². The number of methoxy groups -OCH3 is 1. The molecular weight excluding hydrogens is 358 g/mol. The predicted molar refractivity (Wildman–Crippen MR) is 103 cm³/mol. The number of hydrogen-bond acceptors (Lipinski definition) is 5. The van der Waals surface area contributed by atoms with Crippen molar-refractivity contribution in [3.63, 3.8) is 0 Å². The van der Waals surface area contributed by atoms with Crippen LogP contribution in [0, 0.1) is 0 Å². The van der Waals surface area contributed by atoms with E-state index in [4.69, 9.17) is 16.3 Å². The molecular formula is C19H22ClNO3S. The minimum Gasteiger partial charge on any atom is -0.465 e. The maximum absolute atomic E-state index is 12.8. The van der Waals surface area contributed by atoms with Gasteiger partial charge in [0.15, 0.2) is 5.78 Å². The number of ether oxygens (including phenoxy) is 1. The molecule has 0 fully saturated rings. The Hall–Kier alpha value is -1.72. The van der Waals surface area contributed by atoms with E-state index in [9.17, 15) is 9.59 Å². The summed E-state index contributed by atoms with van der Waals surface area (Å²) < 4.78 is 4.77. The highest BCUT2D eigenvalue weighted by molar-refractivity contribution is 8.06. The molecule has 0 saturated heterocycles. The fourth-order valence-corrected chi connectivity index (χ4v) is 3.79. The number of allylic oxidation sites excluding steroid dienone is 3. The summed E-state index contributed by atoms with van der Waals surface area (Å²) in [5.41, 5.74) is 1.64. The summed E-state index contributed by atoms with van der Waals surface area (Å²) in [5.74, 6) is -0.805. The molecule has 1 aromatic rings. The molecule has 0 spiro atoms. The van der Waals surface area contributed by atoms with E-state index < -0.39 is 5.97 Å². The molecule has 0 bridgehead atoms. The van der Waals surface area contributed by atoms with Crippen LogP contribution in [0.3, 0.4) is 0 Å². The van der Waals surface area contributed by atoms with Crippen LogP contribution < -0.4 is 0 Å². The van der Waals surface area contributed by atoms with Crippen molar-refractivity contribution >= 4 is 35.1 Å². The van der Waals surface area contributed by atoms with Gasteiger partial charge in [-0.25, -0.2) is 4.79 Å². The lowest BCUT2D eigenvalue weighted by molar-refractivity contribution is 0.0597. The molecule has 0 radical (unpaired) electrons. The Morgan fingerprint density at radius 1 is 1.28 bits per heavy atom. The molecule has 1 aromatic carbocycles. The zero-order valence-corrected chi connectivity index (χ0v) is 16.5. The van der Waals surface area contributed by atoms with Crippen molar-refractivity contribution in [2.45, 2.75) is 33.6 Å². The topological polar surface area (TPSA) is 46.6 Å². The smallest absolute Gasteiger partial charge is 0.338 e. The number of ketones is 1. The third-order valence-electron chi connectivity index (χ3n) is 4.08. The summed E-state index contributed by atoms with van der Waals surface area (Å²) in [6.45, 7) is 7.11. The largest absolute Gasteiger partial charge is 0.465 e. The normalized spacial score (nSPS) is 15.9. The van der Waals surface area contributed by atoms with Crippen molar-refractivity contribution in [2.75, 3.05) is 13.7 Å². The van der Waals surface area contributed by atoms with E-state index in [1.165, 1.54) is 24.1 Å². The van der Waals surface area contributed by atoms with E-state index in [0.717, 1.165) is 30.1 Å². The lowest BCUT2D eigenvalue weighted by atomic mass is 10.0. The monoisotopic (exact) mass is 379 g/mol. The maximum atomic E-state index is 12.8. The van der Waals surface area contributed by atoms with E-state index in [2.05, 4.69) is 18.7 Å². The molecule has 25 heavy (non-hydrogen) atoms. The molecule has 4 nitrogen and oxygen atoms in total. The number of nitrogens with zero attached hydrogens (tertiary/aromatic N) is 1. The van der Waals surface area contributed by atoms with Gasteiger partial charge in [-0.15, -0.1) is 0 Å². The first-order valence-electron chi connectivity index (χ1n) is 8.15. The van der Waals surface area contributed by atoms with Crippen molar-refractivity contribution < 1.29 is 14.3 Å². The first kappa shape index (κ1) is 19.6. The molecule has 0 amide bonds. The first-order valence-corrected chi connectivity index (χ1v) is 9.35. The summed E-state index contributed by atoms with van der Waals surface area (Å²) in [6.07, 6.45) is 3.70. The number of halogens is 1. The molecule has 2 rings (SSSR count). The van der Waals surface area contributed by atoms with Gasteiger partial charge in [-0.05, 0) is 38.5 Å². The van der Waals surface area contributed by atoms with Crippen molar-refractivity contribution in [2.24, 2.45) is 0 Å². The fraction of sp³-hybridized carbons (Fsp3) is 0.368. The van der Waals surface area contributed by atoms with Gasteiger partial charge < -0.3 is 9.64 Å². The third kappa shape index (κ3) is 4.47. The Kier molecular flexibility index (Phi) is 6.73. The number of carbonyl (C=O) groups is 2. The number of hydrogen-bond donors (Lipinski definition) is 0.